The number of nitrogens with zero attached hydrogens (tertiary/aromatic N) is 2. The number of carbonyl (C=O) groups excluding carboxylic acids is 2. The van der Waals surface area contributed by atoms with Crippen LogP contribution in [-0.4, -0.2) is 43.8 Å². The first-order valence-electron chi connectivity index (χ1n) is 13.2. The molecule has 0 aromatic heterocycles. The highest BCUT2D eigenvalue weighted by Crippen LogP contribution is 2.29. The number of sulfonamides is 1. The highest BCUT2D eigenvalue weighted by Gasteiger charge is 2.34. The summed E-state index contributed by atoms with van der Waals surface area (Å²) in [7, 11) is -4.20. The number of halogens is 2. The zero-order chi connectivity index (χ0) is 28.9. The Balaban J connectivity index is 1.71. The average molecular weight is 586 g/mol. The van der Waals surface area contributed by atoms with Crippen molar-refractivity contribution in [1.82, 2.24) is 10.2 Å². The van der Waals surface area contributed by atoms with Crippen LogP contribution in [0.1, 0.15) is 43.7 Å². The summed E-state index contributed by atoms with van der Waals surface area (Å²) in [6.45, 7) is 2.47. The summed E-state index contributed by atoms with van der Waals surface area (Å²) in [5.74, 6) is -1.53. The van der Waals surface area contributed by atoms with E-state index in [9.17, 15) is 22.4 Å². The number of hydrogen-bond acceptors (Lipinski definition) is 4. The van der Waals surface area contributed by atoms with Gasteiger partial charge in [0.25, 0.3) is 10.0 Å². The van der Waals surface area contributed by atoms with Crippen LogP contribution in [0, 0.1) is 12.7 Å². The maximum absolute atomic E-state index is 14.7. The fourth-order valence-corrected chi connectivity index (χ4v) is 6.64. The number of anilines is 1. The van der Waals surface area contributed by atoms with Crippen molar-refractivity contribution in [3.05, 3.63) is 94.8 Å². The van der Waals surface area contributed by atoms with Crippen molar-refractivity contribution < 1.29 is 22.4 Å². The fourth-order valence-electron chi connectivity index (χ4n) is 4.92. The third-order valence-corrected chi connectivity index (χ3v) is 9.21. The number of hydrogen-bond donors (Lipinski definition) is 1. The lowest BCUT2D eigenvalue weighted by Gasteiger charge is -2.33. The van der Waals surface area contributed by atoms with Crippen LogP contribution in [0.4, 0.5) is 10.1 Å². The SMILES string of the molecule is Cc1cc(Cl)ccc1N(CC(=O)N(Cc1ccccc1F)[C@@H](C)C(=O)NC1CCCC1)S(=O)(=O)c1ccccc1. The van der Waals surface area contributed by atoms with Gasteiger partial charge < -0.3 is 10.2 Å². The van der Waals surface area contributed by atoms with Crippen molar-refractivity contribution in [2.75, 3.05) is 10.8 Å². The first-order chi connectivity index (χ1) is 19.1. The maximum Gasteiger partial charge on any atom is 0.264 e. The smallest absolute Gasteiger partial charge is 0.264 e. The Bertz CT molecular complexity index is 1460. The molecule has 2 amide bonds. The van der Waals surface area contributed by atoms with E-state index < -0.39 is 34.3 Å². The number of amides is 2. The van der Waals surface area contributed by atoms with Crippen LogP contribution >= 0.6 is 11.6 Å². The molecule has 1 saturated carbocycles. The van der Waals surface area contributed by atoms with Gasteiger partial charge in [0.1, 0.15) is 18.4 Å². The van der Waals surface area contributed by atoms with Crippen LogP contribution in [0.25, 0.3) is 0 Å². The Labute approximate surface area is 240 Å². The number of benzene rings is 3. The molecule has 40 heavy (non-hydrogen) atoms. The van der Waals surface area contributed by atoms with E-state index in [4.69, 9.17) is 11.6 Å². The van der Waals surface area contributed by atoms with E-state index in [-0.39, 0.29) is 34.6 Å². The van der Waals surface area contributed by atoms with E-state index in [1.807, 2.05) is 0 Å². The second-order valence-corrected chi connectivity index (χ2v) is 12.3. The van der Waals surface area contributed by atoms with E-state index >= 15 is 0 Å². The topological polar surface area (TPSA) is 86.8 Å². The van der Waals surface area contributed by atoms with E-state index in [0.717, 1.165) is 30.0 Å². The van der Waals surface area contributed by atoms with Crippen molar-refractivity contribution in [2.45, 2.75) is 63.1 Å². The molecule has 10 heteroatoms. The monoisotopic (exact) mass is 585 g/mol. The highest BCUT2D eigenvalue weighted by atomic mass is 35.5. The van der Waals surface area contributed by atoms with Crippen molar-refractivity contribution >= 4 is 39.1 Å². The Hall–Kier alpha value is -3.43. The van der Waals surface area contributed by atoms with Crippen LogP contribution < -0.4 is 9.62 Å². The number of carbonyl (C=O) groups is 2. The minimum atomic E-state index is -4.20. The normalized spacial score (nSPS) is 14.5. The summed E-state index contributed by atoms with van der Waals surface area (Å²) in [5.41, 5.74) is 1.04. The summed E-state index contributed by atoms with van der Waals surface area (Å²) in [4.78, 5) is 28.5. The molecule has 1 aliphatic carbocycles. The van der Waals surface area contributed by atoms with Gasteiger partial charge in [0, 0.05) is 23.2 Å². The summed E-state index contributed by atoms with van der Waals surface area (Å²) in [5, 5.41) is 3.42. The summed E-state index contributed by atoms with van der Waals surface area (Å²) < 4.78 is 43.4. The van der Waals surface area contributed by atoms with Crippen LogP contribution in [0.2, 0.25) is 5.02 Å². The molecule has 1 atom stereocenters. The summed E-state index contributed by atoms with van der Waals surface area (Å²) in [6, 6.07) is 17.6. The first-order valence-corrected chi connectivity index (χ1v) is 15.1. The van der Waals surface area contributed by atoms with Gasteiger partial charge in [0.15, 0.2) is 0 Å². The zero-order valence-corrected chi connectivity index (χ0v) is 24.1. The minimum Gasteiger partial charge on any atom is -0.352 e. The predicted molar refractivity (Wildman–Crippen MR) is 154 cm³/mol. The van der Waals surface area contributed by atoms with Crippen molar-refractivity contribution in [2.24, 2.45) is 0 Å². The van der Waals surface area contributed by atoms with E-state index in [1.54, 1.807) is 68.4 Å². The molecule has 212 valence electrons. The molecule has 1 aliphatic rings. The van der Waals surface area contributed by atoms with Gasteiger partial charge >= 0.3 is 0 Å². The lowest BCUT2D eigenvalue weighted by molar-refractivity contribution is -0.139. The first kappa shape index (κ1) is 29.6. The second kappa shape index (κ2) is 12.8. The van der Waals surface area contributed by atoms with Crippen LogP contribution in [-0.2, 0) is 26.2 Å². The molecule has 1 fully saturated rings. The molecule has 1 N–H and O–H groups in total. The molecule has 3 aromatic carbocycles. The molecule has 0 saturated heterocycles. The Morgan fingerprint density at radius 2 is 1.68 bits per heavy atom. The second-order valence-electron chi connectivity index (χ2n) is 10.0. The fraction of sp³-hybridized carbons (Fsp3) is 0.333. The Morgan fingerprint density at radius 3 is 2.33 bits per heavy atom. The van der Waals surface area contributed by atoms with Gasteiger partial charge in [-0.05, 0) is 68.7 Å². The molecule has 0 unspecified atom stereocenters. The van der Waals surface area contributed by atoms with Crippen molar-refractivity contribution in [1.29, 1.82) is 0 Å². The zero-order valence-electron chi connectivity index (χ0n) is 22.5. The molecule has 0 radical (unpaired) electrons. The van der Waals surface area contributed by atoms with Crippen molar-refractivity contribution in [3.63, 3.8) is 0 Å². The van der Waals surface area contributed by atoms with E-state index in [2.05, 4.69) is 5.32 Å². The third-order valence-electron chi connectivity index (χ3n) is 7.20. The minimum absolute atomic E-state index is 0.00447. The van der Waals surface area contributed by atoms with Gasteiger partial charge in [0.05, 0.1) is 10.6 Å². The third kappa shape index (κ3) is 6.82. The molecule has 0 bridgehead atoms. The van der Waals surface area contributed by atoms with Gasteiger partial charge in [-0.15, -0.1) is 0 Å². The Morgan fingerprint density at radius 1 is 1.02 bits per heavy atom. The van der Waals surface area contributed by atoms with Gasteiger partial charge in [-0.3, -0.25) is 13.9 Å². The maximum atomic E-state index is 14.7. The van der Waals surface area contributed by atoms with Crippen LogP contribution in [0.5, 0.6) is 0 Å². The predicted octanol–water partition coefficient (Wildman–Crippen LogP) is 5.46. The lowest BCUT2D eigenvalue weighted by Crippen LogP contribution is -2.52. The molecule has 0 aliphatic heterocycles. The average Bonchev–Trinajstić information content (AvgIpc) is 3.44. The lowest BCUT2D eigenvalue weighted by atomic mass is 10.1. The number of rotatable bonds is 10. The quantitative estimate of drug-likeness (QED) is 0.342. The molecule has 0 heterocycles. The largest absolute Gasteiger partial charge is 0.352 e. The molecular formula is C30H33ClFN3O4S. The number of nitrogens with one attached hydrogen (secondary N) is 1. The van der Waals surface area contributed by atoms with E-state index in [1.165, 1.54) is 23.1 Å². The van der Waals surface area contributed by atoms with Crippen LogP contribution in [0.3, 0.4) is 0 Å². The summed E-state index contributed by atoms with van der Waals surface area (Å²) in [6.07, 6.45) is 3.76. The highest BCUT2D eigenvalue weighted by molar-refractivity contribution is 7.92. The molecular weight excluding hydrogens is 553 g/mol. The Kier molecular flexibility index (Phi) is 9.48. The van der Waals surface area contributed by atoms with Gasteiger partial charge in [0.2, 0.25) is 11.8 Å². The molecule has 3 aromatic rings. The van der Waals surface area contributed by atoms with E-state index in [0.29, 0.717) is 10.6 Å². The molecule has 7 nitrogen and oxygen atoms in total. The summed E-state index contributed by atoms with van der Waals surface area (Å²) >= 11 is 6.14. The van der Waals surface area contributed by atoms with Gasteiger partial charge in [-0.1, -0.05) is 60.8 Å². The van der Waals surface area contributed by atoms with Crippen LogP contribution in [0.15, 0.2) is 77.7 Å². The number of aryl methyl sites for hydroxylation is 1. The van der Waals surface area contributed by atoms with Crippen molar-refractivity contribution in [3.8, 4) is 0 Å². The van der Waals surface area contributed by atoms with Gasteiger partial charge in [-0.2, -0.15) is 0 Å². The van der Waals surface area contributed by atoms with Gasteiger partial charge in [-0.25, -0.2) is 12.8 Å². The standard InChI is InChI=1S/C30H33ClFN3O4S/c1-21-18-24(31)16-17-28(21)35(40(38,39)26-13-4-3-5-14-26)20-29(36)34(19-23-10-6-9-15-27(23)32)22(2)30(37)33-25-11-7-8-12-25/h3-6,9-10,13-18,22,25H,7-8,11-12,19-20H2,1-2H3,(H,33,37)/t22-/m0/s1. The molecule has 0 spiro atoms. The molecule has 4 rings (SSSR count).